The Bertz CT molecular complexity index is 471. The van der Waals surface area contributed by atoms with E-state index in [-0.39, 0.29) is 17.5 Å². The van der Waals surface area contributed by atoms with Crippen LogP contribution in [-0.4, -0.2) is 37.2 Å². The molecule has 2 aliphatic rings. The summed E-state index contributed by atoms with van der Waals surface area (Å²) in [4.78, 5) is 15.8. The van der Waals surface area contributed by atoms with Gasteiger partial charge in [-0.2, -0.15) is 0 Å². The first kappa shape index (κ1) is 14.9. The van der Waals surface area contributed by atoms with E-state index in [0.717, 1.165) is 19.6 Å². The minimum atomic E-state index is 0.0621. The van der Waals surface area contributed by atoms with Crippen LogP contribution in [0.3, 0.4) is 0 Å². The topological polar surface area (TPSA) is 41.6 Å². The maximum atomic E-state index is 12.6. The Morgan fingerprint density at radius 2 is 2.43 bits per heavy atom. The number of amides is 2. The molecule has 1 atom stereocenters. The highest BCUT2D eigenvalue weighted by molar-refractivity contribution is 7.10. The van der Waals surface area contributed by atoms with Crippen molar-refractivity contribution in [2.45, 2.75) is 38.6 Å². The average Bonchev–Trinajstić information content (AvgIpc) is 2.87. The molecule has 0 bridgehead atoms. The zero-order chi connectivity index (χ0) is 14.7. The summed E-state index contributed by atoms with van der Waals surface area (Å²) in [5.41, 5.74) is 0.235. The number of carbonyl (C=O) groups is 1. The smallest absolute Gasteiger partial charge is 0.318 e. The Morgan fingerprint density at radius 1 is 1.57 bits per heavy atom. The van der Waals surface area contributed by atoms with Gasteiger partial charge >= 0.3 is 6.03 Å². The molecule has 0 aromatic carbocycles. The molecule has 21 heavy (non-hydrogen) atoms. The van der Waals surface area contributed by atoms with Crippen LogP contribution in [0.1, 0.15) is 43.5 Å². The number of ether oxygens (including phenoxy) is 1. The molecule has 2 fully saturated rings. The highest BCUT2D eigenvalue weighted by Crippen LogP contribution is 2.42. The second-order valence-electron chi connectivity index (χ2n) is 6.25. The summed E-state index contributed by atoms with van der Waals surface area (Å²) < 4.78 is 5.72. The molecule has 3 rings (SSSR count). The Hall–Kier alpha value is -1.07. The predicted molar refractivity (Wildman–Crippen MR) is 84.6 cm³/mol. The van der Waals surface area contributed by atoms with Gasteiger partial charge in [-0.1, -0.05) is 19.4 Å². The van der Waals surface area contributed by atoms with Crippen LogP contribution in [0.2, 0.25) is 0 Å². The van der Waals surface area contributed by atoms with Crippen LogP contribution in [0.4, 0.5) is 4.79 Å². The highest BCUT2D eigenvalue weighted by Gasteiger charge is 2.41. The average molecular weight is 308 g/mol. The van der Waals surface area contributed by atoms with Gasteiger partial charge in [-0.05, 0) is 30.7 Å². The molecule has 1 saturated heterocycles. The maximum Gasteiger partial charge on any atom is 0.318 e. The van der Waals surface area contributed by atoms with Crippen molar-refractivity contribution in [3.05, 3.63) is 22.4 Å². The van der Waals surface area contributed by atoms with Crippen molar-refractivity contribution in [2.24, 2.45) is 5.41 Å². The van der Waals surface area contributed by atoms with E-state index in [1.54, 1.807) is 11.3 Å². The summed E-state index contributed by atoms with van der Waals surface area (Å²) in [6.45, 7) is 5.14. The first-order valence-corrected chi connectivity index (χ1v) is 8.77. The number of carbonyl (C=O) groups excluding carboxylic acids is 1. The van der Waals surface area contributed by atoms with E-state index < -0.39 is 0 Å². The zero-order valence-corrected chi connectivity index (χ0v) is 13.5. The van der Waals surface area contributed by atoms with Crippen molar-refractivity contribution in [2.75, 3.05) is 26.3 Å². The Labute approximate surface area is 130 Å². The normalized spacial score (nSPS) is 22.4. The van der Waals surface area contributed by atoms with Gasteiger partial charge in [0.1, 0.15) is 0 Å². The van der Waals surface area contributed by atoms with Crippen LogP contribution >= 0.6 is 11.3 Å². The van der Waals surface area contributed by atoms with Crippen LogP contribution in [0.15, 0.2) is 17.5 Å². The number of nitrogens with zero attached hydrogens (tertiary/aromatic N) is 1. The van der Waals surface area contributed by atoms with Crippen molar-refractivity contribution in [1.29, 1.82) is 0 Å². The second-order valence-corrected chi connectivity index (χ2v) is 7.23. The van der Waals surface area contributed by atoms with E-state index >= 15 is 0 Å². The van der Waals surface area contributed by atoms with Crippen molar-refractivity contribution in [3.63, 3.8) is 0 Å². The lowest BCUT2D eigenvalue weighted by atomic mass is 9.69. The minimum Gasteiger partial charge on any atom is -0.379 e. The van der Waals surface area contributed by atoms with Gasteiger partial charge in [-0.15, -0.1) is 11.3 Å². The van der Waals surface area contributed by atoms with Crippen molar-refractivity contribution >= 4 is 17.4 Å². The minimum absolute atomic E-state index is 0.0621. The molecular formula is C16H24N2O2S. The lowest BCUT2D eigenvalue weighted by molar-refractivity contribution is 0.0125. The lowest BCUT2D eigenvalue weighted by Gasteiger charge is -2.42. The first-order valence-electron chi connectivity index (χ1n) is 7.89. The molecule has 116 valence electrons. The van der Waals surface area contributed by atoms with E-state index in [9.17, 15) is 4.79 Å². The van der Waals surface area contributed by atoms with E-state index in [2.05, 4.69) is 23.7 Å². The Balaban J connectivity index is 1.63. The molecule has 1 aliphatic carbocycles. The number of thiophene rings is 1. The highest BCUT2D eigenvalue weighted by atomic mass is 32.1. The molecule has 1 aromatic heterocycles. The van der Waals surface area contributed by atoms with Crippen molar-refractivity contribution in [3.8, 4) is 0 Å². The molecule has 5 heteroatoms. The standard InChI is InChI=1S/C16H24N2O2S/c1-2-13(14-5-3-10-21-14)17-15(19)18-8-9-20-12-16(11-18)6-4-7-16/h3,5,10,13H,2,4,6-9,11-12H2,1H3,(H,17,19)/t13-/m0/s1. The maximum absolute atomic E-state index is 12.6. The summed E-state index contributed by atoms with van der Waals surface area (Å²) in [5, 5.41) is 5.26. The van der Waals surface area contributed by atoms with Crippen molar-refractivity contribution < 1.29 is 9.53 Å². The molecule has 0 radical (unpaired) electrons. The van der Waals surface area contributed by atoms with Crippen LogP contribution in [0.25, 0.3) is 0 Å². The van der Waals surface area contributed by atoms with Crippen LogP contribution < -0.4 is 5.32 Å². The SMILES string of the molecule is CC[C@H](NC(=O)N1CCOCC2(CCC2)C1)c1cccs1. The third-order valence-corrected chi connectivity index (χ3v) is 5.72. The third kappa shape index (κ3) is 3.24. The van der Waals surface area contributed by atoms with Crippen molar-refractivity contribution in [1.82, 2.24) is 10.2 Å². The molecule has 1 spiro atoms. The molecule has 2 heterocycles. The van der Waals surface area contributed by atoms with Gasteiger partial charge in [-0.25, -0.2) is 4.79 Å². The molecule has 1 aliphatic heterocycles. The summed E-state index contributed by atoms with van der Waals surface area (Å²) in [6.07, 6.45) is 4.57. The largest absolute Gasteiger partial charge is 0.379 e. The van der Waals surface area contributed by atoms with Crippen LogP contribution in [-0.2, 0) is 4.74 Å². The quantitative estimate of drug-likeness (QED) is 0.929. The third-order valence-electron chi connectivity index (χ3n) is 4.73. The second kappa shape index (κ2) is 6.36. The Morgan fingerprint density at radius 3 is 3.05 bits per heavy atom. The van der Waals surface area contributed by atoms with E-state index in [1.807, 2.05) is 11.0 Å². The molecule has 1 N–H and O–H groups in total. The van der Waals surface area contributed by atoms with Gasteiger partial charge in [0.05, 0.1) is 19.3 Å². The van der Waals surface area contributed by atoms with E-state index in [0.29, 0.717) is 13.2 Å². The van der Waals surface area contributed by atoms with Gasteiger partial charge in [0, 0.05) is 23.4 Å². The number of hydrogen-bond acceptors (Lipinski definition) is 3. The number of rotatable bonds is 3. The van der Waals surface area contributed by atoms with E-state index in [4.69, 9.17) is 4.74 Å². The number of hydrogen-bond donors (Lipinski definition) is 1. The fraction of sp³-hybridized carbons (Fsp3) is 0.688. The molecule has 1 aromatic rings. The Kier molecular flexibility index (Phi) is 4.50. The monoisotopic (exact) mass is 308 g/mol. The van der Waals surface area contributed by atoms with Gasteiger partial charge < -0.3 is 15.0 Å². The first-order chi connectivity index (χ1) is 10.2. The van der Waals surface area contributed by atoms with Gasteiger partial charge in [0.25, 0.3) is 0 Å². The summed E-state index contributed by atoms with van der Waals surface area (Å²) in [6, 6.07) is 4.32. The fourth-order valence-electron chi connectivity index (χ4n) is 3.25. The molecular weight excluding hydrogens is 284 g/mol. The molecule has 4 nitrogen and oxygen atoms in total. The van der Waals surface area contributed by atoms with Gasteiger partial charge in [-0.3, -0.25) is 0 Å². The van der Waals surface area contributed by atoms with Gasteiger partial charge in [0.2, 0.25) is 0 Å². The van der Waals surface area contributed by atoms with Crippen LogP contribution in [0, 0.1) is 5.41 Å². The summed E-state index contributed by atoms with van der Waals surface area (Å²) in [5.74, 6) is 0. The molecule has 0 unspecified atom stereocenters. The molecule has 1 saturated carbocycles. The molecule has 2 amide bonds. The lowest BCUT2D eigenvalue weighted by Crippen LogP contribution is -2.49. The fourth-order valence-corrected chi connectivity index (χ4v) is 4.11. The van der Waals surface area contributed by atoms with Crippen LogP contribution in [0.5, 0.6) is 0 Å². The number of urea groups is 1. The van der Waals surface area contributed by atoms with E-state index in [1.165, 1.54) is 24.1 Å². The zero-order valence-electron chi connectivity index (χ0n) is 12.6. The number of nitrogens with one attached hydrogen (secondary N) is 1. The predicted octanol–water partition coefficient (Wildman–Crippen LogP) is 3.41. The summed E-state index contributed by atoms with van der Waals surface area (Å²) >= 11 is 1.71. The summed E-state index contributed by atoms with van der Waals surface area (Å²) in [7, 11) is 0. The van der Waals surface area contributed by atoms with Gasteiger partial charge in [0.15, 0.2) is 0 Å².